The topological polar surface area (TPSA) is 85.8 Å². The van der Waals surface area contributed by atoms with Crippen LogP contribution in [0.2, 0.25) is 0 Å². The van der Waals surface area contributed by atoms with Crippen LogP contribution in [0.15, 0.2) is 29.4 Å². The summed E-state index contributed by atoms with van der Waals surface area (Å²) in [6.45, 7) is 1.76. The van der Waals surface area contributed by atoms with Crippen molar-refractivity contribution < 1.29 is 9.18 Å². The van der Waals surface area contributed by atoms with Gasteiger partial charge in [0.2, 0.25) is 11.1 Å². The van der Waals surface area contributed by atoms with Gasteiger partial charge in [-0.05, 0) is 44.0 Å². The van der Waals surface area contributed by atoms with E-state index in [1.54, 1.807) is 6.92 Å². The Morgan fingerprint density at radius 2 is 2.09 bits per heavy atom. The quantitative estimate of drug-likeness (QED) is 0.651. The van der Waals surface area contributed by atoms with Gasteiger partial charge >= 0.3 is 0 Å². The maximum Gasteiger partial charge on any atom is 0.237 e. The highest BCUT2D eigenvalue weighted by atomic mass is 32.2. The summed E-state index contributed by atoms with van der Waals surface area (Å²) >= 11 is 1.24. The molecule has 1 aromatic heterocycles. The molecule has 8 heteroatoms. The van der Waals surface area contributed by atoms with Crippen LogP contribution < -0.4 is 11.2 Å². The van der Waals surface area contributed by atoms with Crippen molar-refractivity contribution in [3.8, 4) is 0 Å². The van der Waals surface area contributed by atoms with Crippen LogP contribution in [0.1, 0.15) is 31.5 Å². The molecule has 3 N–H and O–H groups in total. The van der Waals surface area contributed by atoms with E-state index in [1.807, 2.05) is 0 Å². The summed E-state index contributed by atoms with van der Waals surface area (Å²) in [4.78, 5) is 12.1. The summed E-state index contributed by atoms with van der Waals surface area (Å²) < 4.78 is 14.3. The number of nitrogens with zero attached hydrogens (tertiary/aromatic N) is 3. The van der Waals surface area contributed by atoms with Crippen LogP contribution in [0.4, 0.5) is 10.1 Å². The summed E-state index contributed by atoms with van der Waals surface area (Å²) in [5.41, 5.74) is 0.548. The third-order valence-electron chi connectivity index (χ3n) is 3.40. The predicted octanol–water partition coefficient (Wildman–Crippen LogP) is 2.13. The number of aromatic nitrogens is 3. The van der Waals surface area contributed by atoms with Gasteiger partial charge in [-0.25, -0.2) is 9.07 Å². The molecule has 1 heterocycles. The smallest absolute Gasteiger partial charge is 0.237 e. The van der Waals surface area contributed by atoms with Crippen molar-refractivity contribution in [2.24, 2.45) is 0 Å². The number of amides is 1. The molecule has 1 fully saturated rings. The van der Waals surface area contributed by atoms with Crippen LogP contribution in [-0.4, -0.2) is 26.0 Å². The first-order valence-corrected chi connectivity index (χ1v) is 7.86. The Morgan fingerprint density at radius 3 is 2.73 bits per heavy atom. The largest absolute Gasteiger partial charge is 0.336 e. The van der Waals surface area contributed by atoms with Crippen molar-refractivity contribution in [3.63, 3.8) is 0 Å². The molecule has 3 rings (SSSR count). The van der Waals surface area contributed by atoms with Crippen LogP contribution in [0.3, 0.4) is 0 Å². The molecule has 0 unspecified atom stereocenters. The van der Waals surface area contributed by atoms with Crippen LogP contribution in [0.25, 0.3) is 0 Å². The molecule has 1 atom stereocenters. The molecule has 6 nitrogen and oxygen atoms in total. The predicted molar refractivity (Wildman–Crippen MR) is 82.5 cm³/mol. The van der Waals surface area contributed by atoms with Crippen molar-refractivity contribution in [2.75, 3.05) is 11.2 Å². The average molecular weight is 321 g/mol. The lowest BCUT2D eigenvalue weighted by molar-refractivity contribution is -0.115. The number of benzene rings is 1. The minimum absolute atomic E-state index is 0.201. The van der Waals surface area contributed by atoms with Crippen molar-refractivity contribution in [1.29, 1.82) is 0 Å². The maximum atomic E-state index is 12.8. The summed E-state index contributed by atoms with van der Waals surface area (Å²) in [7, 11) is 0. The Hall–Kier alpha value is -2.09. The number of thioether (sulfide) groups is 1. The van der Waals surface area contributed by atoms with Gasteiger partial charge in [-0.2, -0.15) is 0 Å². The van der Waals surface area contributed by atoms with Gasteiger partial charge in [0, 0.05) is 11.6 Å². The van der Waals surface area contributed by atoms with Crippen LogP contribution in [0.5, 0.6) is 0 Å². The molecular weight excluding hydrogens is 305 g/mol. The van der Waals surface area contributed by atoms with Gasteiger partial charge in [0.1, 0.15) is 5.82 Å². The molecule has 0 bridgehead atoms. The third kappa shape index (κ3) is 3.22. The summed E-state index contributed by atoms with van der Waals surface area (Å²) in [5, 5.41) is 11.0. The van der Waals surface area contributed by atoms with E-state index in [9.17, 15) is 9.18 Å². The maximum absolute atomic E-state index is 12.8. The van der Waals surface area contributed by atoms with E-state index < -0.39 is 5.25 Å². The van der Waals surface area contributed by atoms with E-state index in [2.05, 4.69) is 15.5 Å². The minimum Gasteiger partial charge on any atom is -0.336 e. The third-order valence-corrected chi connectivity index (χ3v) is 4.45. The van der Waals surface area contributed by atoms with Gasteiger partial charge in [0.05, 0.1) is 5.25 Å². The van der Waals surface area contributed by atoms with Crippen molar-refractivity contribution in [2.45, 2.75) is 36.1 Å². The molecule has 1 aliphatic rings. The number of nitrogen functional groups attached to an aromatic ring is 1. The number of carbonyl (C=O) groups excluding carboxylic acids is 1. The number of anilines is 1. The molecule has 2 aromatic rings. The molecule has 1 saturated carbocycles. The van der Waals surface area contributed by atoms with Crippen molar-refractivity contribution >= 4 is 23.4 Å². The van der Waals surface area contributed by atoms with Gasteiger partial charge < -0.3 is 11.2 Å². The van der Waals surface area contributed by atoms with Crippen LogP contribution >= 0.6 is 11.8 Å². The Kier molecular flexibility index (Phi) is 4.02. The van der Waals surface area contributed by atoms with Crippen molar-refractivity contribution in [1.82, 2.24) is 14.9 Å². The monoisotopic (exact) mass is 321 g/mol. The highest BCUT2D eigenvalue weighted by Gasteiger charge is 2.30. The SMILES string of the molecule is C[C@@H](Sc1nnc(C2CC2)n1N)C(=O)Nc1ccc(F)cc1. The lowest BCUT2D eigenvalue weighted by atomic mass is 10.3. The first kappa shape index (κ1) is 14.8. The standard InChI is InChI=1S/C14H16FN5OS/c1-8(13(21)17-11-6-4-10(15)5-7-11)22-14-19-18-12(20(14)16)9-2-3-9/h4-9H,2-3,16H2,1H3,(H,17,21)/t8-/m1/s1. The molecule has 1 aliphatic carbocycles. The highest BCUT2D eigenvalue weighted by Crippen LogP contribution is 2.39. The number of nitrogens with two attached hydrogens (primary N) is 1. The lowest BCUT2D eigenvalue weighted by Crippen LogP contribution is -2.23. The fraction of sp³-hybridized carbons (Fsp3) is 0.357. The molecule has 0 spiro atoms. The van der Waals surface area contributed by atoms with E-state index in [4.69, 9.17) is 5.84 Å². The first-order valence-electron chi connectivity index (χ1n) is 6.98. The Labute approximate surface area is 131 Å². The molecule has 0 radical (unpaired) electrons. The van der Waals surface area contributed by atoms with E-state index in [0.29, 0.717) is 16.8 Å². The summed E-state index contributed by atoms with van der Waals surface area (Å²) in [5.74, 6) is 6.59. The zero-order valence-electron chi connectivity index (χ0n) is 12.0. The molecular formula is C14H16FN5OS. The van der Waals surface area contributed by atoms with Crippen LogP contribution in [-0.2, 0) is 4.79 Å². The minimum atomic E-state index is -0.399. The average Bonchev–Trinajstić information content (AvgIpc) is 3.27. The van der Waals surface area contributed by atoms with Gasteiger partial charge in [0.15, 0.2) is 5.82 Å². The molecule has 22 heavy (non-hydrogen) atoms. The number of carbonyl (C=O) groups is 1. The van der Waals surface area contributed by atoms with E-state index in [1.165, 1.54) is 40.7 Å². The fourth-order valence-electron chi connectivity index (χ4n) is 1.98. The van der Waals surface area contributed by atoms with Gasteiger partial charge in [0.25, 0.3) is 0 Å². The Balaban J connectivity index is 1.62. The number of hydrogen-bond donors (Lipinski definition) is 2. The highest BCUT2D eigenvalue weighted by molar-refractivity contribution is 8.00. The Morgan fingerprint density at radius 1 is 1.41 bits per heavy atom. The molecule has 1 aromatic carbocycles. The molecule has 0 saturated heterocycles. The molecule has 0 aliphatic heterocycles. The van der Waals surface area contributed by atoms with Gasteiger partial charge in [-0.1, -0.05) is 11.8 Å². The van der Waals surface area contributed by atoms with E-state index in [0.717, 1.165) is 18.7 Å². The summed E-state index contributed by atoms with van der Waals surface area (Å²) in [6, 6.07) is 5.63. The number of nitrogens with one attached hydrogen (secondary N) is 1. The van der Waals surface area contributed by atoms with Crippen molar-refractivity contribution in [3.05, 3.63) is 35.9 Å². The zero-order chi connectivity index (χ0) is 15.7. The second kappa shape index (κ2) is 5.96. The zero-order valence-corrected chi connectivity index (χ0v) is 12.8. The van der Waals surface area contributed by atoms with E-state index >= 15 is 0 Å². The number of halogens is 1. The normalized spacial score (nSPS) is 15.5. The summed E-state index contributed by atoms with van der Waals surface area (Å²) in [6.07, 6.45) is 2.17. The second-order valence-electron chi connectivity index (χ2n) is 5.24. The second-order valence-corrected chi connectivity index (χ2v) is 6.55. The molecule has 116 valence electrons. The van der Waals surface area contributed by atoms with Gasteiger partial charge in [-0.3, -0.25) is 4.79 Å². The van der Waals surface area contributed by atoms with Gasteiger partial charge in [-0.15, -0.1) is 10.2 Å². The lowest BCUT2D eigenvalue weighted by Gasteiger charge is -2.11. The molecule has 1 amide bonds. The number of rotatable bonds is 5. The first-order chi connectivity index (χ1) is 10.5. The van der Waals surface area contributed by atoms with E-state index in [-0.39, 0.29) is 11.7 Å². The number of hydrogen-bond acceptors (Lipinski definition) is 5. The fourth-order valence-corrected chi connectivity index (χ4v) is 2.75. The van der Waals surface area contributed by atoms with Crippen LogP contribution in [0, 0.1) is 5.82 Å². The Bertz CT molecular complexity index is 683.